The normalized spacial score (nSPS) is 23.9. The highest BCUT2D eigenvalue weighted by Crippen LogP contribution is 2.36. The number of imide groups is 1. The molecule has 6 nitrogen and oxygen atoms in total. The fourth-order valence-electron chi connectivity index (χ4n) is 2.78. The van der Waals surface area contributed by atoms with Crippen molar-refractivity contribution in [2.45, 2.75) is 26.3 Å². The highest BCUT2D eigenvalue weighted by Gasteiger charge is 2.49. The highest BCUT2D eigenvalue weighted by atomic mass is 16.6. The molecule has 1 fully saturated rings. The molecule has 22 heavy (non-hydrogen) atoms. The third kappa shape index (κ3) is 2.28. The Morgan fingerprint density at radius 2 is 1.91 bits per heavy atom. The van der Waals surface area contributed by atoms with E-state index in [-0.39, 0.29) is 17.9 Å². The molecule has 0 spiro atoms. The molecule has 118 valence electrons. The van der Waals surface area contributed by atoms with E-state index in [1.54, 1.807) is 25.1 Å². The molecule has 3 amide bonds. The van der Waals surface area contributed by atoms with Gasteiger partial charge in [0.15, 0.2) is 11.5 Å². The number of amides is 3. The number of benzene rings is 1. The van der Waals surface area contributed by atoms with Crippen LogP contribution in [0.3, 0.4) is 0 Å². The standard InChI is InChI=1S/C16H20N2O4/c1-10(2)9-18-14(19)16(3,17-15(18)20)11-4-5-12-13(8-11)22-7-6-21-12/h4-5,8,10H,6-7,9H2,1-3H3,(H,17,20). The number of nitrogens with one attached hydrogen (secondary N) is 1. The lowest BCUT2D eigenvalue weighted by Crippen LogP contribution is -2.41. The van der Waals surface area contributed by atoms with Crippen molar-refractivity contribution in [3.8, 4) is 11.5 Å². The van der Waals surface area contributed by atoms with Gasteiger partial charge in [-0.2, -0.15) is 0 Å². The van der Waals surface area contributed by atoms with Gasteiger partial charge in [0.25, 0.3) is 5.91 Å². The summed E-state index contributed by atoms with van der Waals surface area (Å²) in [5, 5.41) is 2.80. The Hall–Kier alpha value is -2.24. The first-order chi connectivity index (χ1) is 10.4. The van der Waals surface area contributed by atoms with Crippen LogP contribution in [0.5, 0.6) is 11.5 Å². The van der Waals surface area contributed by atoms with E-state index in [1.165, 1.54) is 4.90 Å². The second kappa shape index (κ2) is 5.19. The van der Waals surface area contributed by atoms with E-state index in [0.717, 1.165) is 0 Å². The lowest BCUT2D eigenvalue weighted by molar-refractivity contribution is -0.131. The zero-order chi connectivity index (χ0) is 15.9. The monoisotopic (exact) mass is 304 g/mol. The molecule has 1 atom stereocenters. The fraction of sp³-hybridized carbons (Fsp3) is 0.500. The molecule has 1 unspecified atom stereocenters. The van der Waals surface area contributed by atoms with Crippen LogP contribution in [0, 0.1) is 5.92 Å². The zero-order valence-corrected chi connectivity index (χ0v) is 13.0. The van der Waals surface area contributed by atoms with Crippen molar-refractivity contribution in [1.82, 2.24) is 10.2 Å². The van der Waals surface area contributed by atoms with E-state index in [4.69, 9.17) is 9.47 Å². The second-order valence-electron chi connectivity index (χ2n) is 6.22. The molecule has 3 rings (SSSR count). The van der Waals surface area contributed by atoms with Crippen LogP contribution in [0.25, 0.3) is 0 Å². The SMILES string of the molecule is CC(C)CN1C(=O)NC(C)(c2ccc3c(c2)OCCO3)C1=O. The van der Waals surface area contributed by atoms with Gasteiger partial charge in [-0.05, 0) is 30.5 Å². The Bertz CT molecular complexity index is 629. The number of ether oxygens (including phenoxy) is 2. The van der Waals surface area contributed by atoms with Crippen molar-refractivity contribution in [2.24, 2.45) is 5.92 Å². The Morgan fingerprint density at radius 3 is 2.59 bits per heavy atom. The predicted molar refractivity (Wildman–Crippen MR) is 79.9 cm³/mol. The summed E-state index contributed by atoms with van der Waals surface area (Å²) in [4.78, 5) is 26.1. The van der Waals surface area contributed by atoms with E-state index in [0.29, 0.717) is 36.8 Å². The first-order valence-electron chi connectivity index (χ1n) is 7.46. The highest BCUT2D eigenvalue weighted by molar-refractivity contribution is 6.07. The van der Waals surface area contributed by atoms with Crippen LogP contribution >= 0.6 is 0 Å². The van der Waals surface area contributed by atoms with E-state index in [1.807, 2.05) is 13.8 Å². The van der Waals surface area contributed by atoms with E-state index in [9.17, 15) is 9.59 Å². The lowest BCUT2D eigenvalue weighted by Gasteiger charge is -2.25. The van der Waals surface area contributed by atoms with Crippen LogP contribution in [-0.2, 0) is 10.3 Å². The van der Waals surface area contributed by atoms with Crippen molar-refractivity contribution in [2.75, 3.05) is 19.8 Å². The fourth-order valence-corrected chi connectivity index (χ4v) is 2.78. The lowest BCUT2D eigenvalue weighted by atomic mass is 9.91. The molecule has 0 radical (unpaired) electrons. The number of carbonyl (C=O) groups excluding carboxylic acids is 2. The summed E-state index contributed by atoms with van der Waals surface area (Å²) in [7, 11) is 0. The van der Waals surface area contributed by atoms with E-state index < -0.39 is 5.54 Å². The molecule has 0 aliphatic carbocycles. The van der Waals surface area contributed by atoms with Gasteiger partial charge in [-0.3, -0.25) is 9.69 Å². The molecule has 0 aromatic heterocycles. The minimum atomic E-state index is -1.07. The Morgan fingerprint density at radius 1 is 1.23 bits per heavy atom. The minimum absolute atomic E-state index is 0.220. The average Bonchev–Trinajstić information content (AvgIpc) is 2.71. The molecule has 0 saturated carbocycles. The third-order valence-electron chi connectivity index (χ3n) is 3.94. The molecule has 2 aliphatic heterocycles. The maximum atomic E-state index is 12.7. The Labute approximate surface area is 129 Å². The maximum Gasteiger partial charge on any atom is 0.325 e. The molecule has 1 aromatic carbocycles. The summed E-state index contributed by atoms with van der Waals surface area (Å²) in [6, 6.07) is 4.99. The first-order valence-corrected chi connectivity index (χ1v) is 7.46. The van der Waals surface area contributed by atoms with Crippen LogP contribution in [-0.4, -0.2) is 36.6 Å². The van der Waals surface area contributed by atoms with Gasteiger partial charge < -0.3 is 14.8 Å². The summed E-state index contributed by atoms with van der Waals surface area (Å²) in [5.74, 6) is 1.25. The smallest absolute Gasteiger partial charge is 0.325 e. The minimum Gasteiger partial charge on any atom is -0.486 e. The summed E-state index contributed by atoms with van der Waals surface area (Å²) in [6.07, 6.45) is 0. The molecular formula is C16H20N2O4. The Balaban J connectivity index is 1.93. The van der Waals surface area contributed by atoms with Gasteiger partial charge in [0, 0.05) is 6.54 Å². The van der Waals surface area contributed by atoms with Crippen LogP contribution in [0.2, 0.25) is 0 Å². The van der Waals surface area contributed by atoms with Gasteiger partial charge in [-0.1, -0.05) is 19.9 Å². The molecule has 1 aromatic rings. The van der Waals surface area contributed by atoms with Crippen LogP contribution in [0.1, 0.15) is 26.3 Å². The molecular weight excluding hydrogens is 284 g/mol. The molecule has 2 aliphatic rings. The van der Waals surface area contributed by atoms with Crippen LogP contribution in [0.15, 0.2) is 18.2 Å². The maximum absolute atomic E-state index is 12.7. The van der Waals surface area contributed by atoms with Crippen molar-refractivity contribution in [3.05, 3.63) is 23.8 Å². The number of nitrogens with zero attached hydrogens (tertiary/aromatic N) is 1. The second-order valence-corrected chi connectivity index (χ2v) is 6.22. The number of hydrogen-bond donors (Lipinski definition) is 1. The average molecular weight is 304 g/mol. The van der Waals surface area contributed by atoms with Gasteiger partial charge in [0.1, 0.15) is 18.8 Å². The van der Waals surface area contributed by atoms with Gasteiger partial charge in [0.2, 0.25) is 0 Å². The van der Waals surface area contributed by atoms with Crippen LogP contribution in [0.4, 0.5) is 4.79 Å². The summed E-state index contributed by atoms with van der Waals surface area (Å²) < 4.78 is 11.0. The summed E-state index contributed by atoms with van der Waals surface area (Å²) >= 11 is 0. The third-order valence-corrected chi connectivity index (χ3v) is 3.94. The number of hydrogen-bond acceptors (Lipinski definition) is 4. The Kier molecular flexibility index (Phi) is 3.47. The van der Waals surface area contributed by atoms with Gasteiger partial charge in [0.05, 0.1) is 0 Å². The van der Waals surface area contributed by atoms with Crippen molar-refractivity contribution < 1.29 is 19.1 Å². The van der Waals surface area contributed by atoms with Crippen molar-refractivity contribution in [1.29, 1.82) is 0 Å². The molecule has 6 heteroatoms. The summed E-state index contributed by atoms with van der Waals surface area (Å²) in [5.41, 5.74) is -0.372. The van der Waals surface area contributed by atoms with Crippen molar-refractivity contribution in [3.63, 3.8) is 0 Å². The van der Waals surface area contributed by atoms with Gasteiger partial charge in [-0.25, -0.2) is 4.79 Å². The zero-order valence-electron chi connectivity index (χ0n) is 13.0. The number of carbonyl (C=O) groups is 2. The topological polar surface area (TPSA) is 67.9 Å². The van der Waals surface area contributed by atoms with Crippen LogP contribution < -0.4 is 14.8 Å². The van der Waals surface area contributed by atoms with E-state index in [2.05, 4.69) is 5.32 Å². The number of urea groups is 1. The molecule has 2 heterocycles. The number of fused-ring (bicyclic) bond motifs is 1. The first kappa shape index (κ1) is 14.7. The van der Waals surface area contributed by atoms with Gasteiger partial charge >= 0.3 is 6.03 Å². The largest absolute Gasteiger partial charge is 0.486 e. The molecule has 0 bridgehead atoms. The van der Waals surface area contributed by atoms with E-state index >= 15 is 0 Å². The predicted octanol–water partition coefficient (Wildman–Crippen LogP) is 1.88. The van der Waals surface area contributed by atoms with Gasteiger partial charge in [-0.15, -0.1) is 0 Å². The molecule has 1 N–H and O–H groups in total. The summed E-state index contributed by atoms with van der Waals surface area (Å²) in [6.45, 7) is 7.07. The van der Waals surface area contributed by atoms with Crippen molar-refractivity contribution >= 4 is 11.9 Å². The number of rotatable bonds is 3. The molecule has 1 saturated heterocycles. The quantitative estimate of drug-likeness (QED) is 0.866.